The Morgan fingerprint density at radius 3 is 1.61 bits per heavy atom. The molecule has 3 aromatic carbocycles. The molecular weight excluding hydrogens is 444 g/mol. The Hall–Kier alpha value is -3.29. The molecule has 0 saturated heterocycles. The van der Waals surface area contributed by atoms with Gasteiger partial charge in [0.25, 0.3) is 0 Å². The summed E-state index contributed by atoms with van der Waals surface area (Å²) in [5.74, 6) is -0.612. The van der Waals surface area contributed by atoms with E-state index in [2.05, 4.69) is 5.32 Å². The lowest BCUT2D eigenvalue weighted by molar-refractivity contribution is -0.143. The Balaban J connectivity index is 1.69. The molecule has 0 aromatic heterocycles. The Morgan fingerprint density at radius 2 is 1.18 bits per heavy atom. The van der Waals surface area contributed by atoms with E-state index < -0.39 is 29.4 Å². The highest BCUT2D eigenvalue weighted by Gasteiger charge is 2.36. The molecular formula is C25H21F6NO. The fraction of sp³-hybridized carbons (Fsp3) is 0.240. The van der Waals surface area contributed by atoms with Gasteiger partial charge < -0.3 is 5.32 Å². The highest BCUT2D eigenvalue weighted by Crippen LogP contribution is 2.36. The molecule has 8 heteroatoms. The van der Waals surface area contributed by atoms with E-state index >= 15 is 0 Å². The third-order valence-corrected chi connectivity index (χ3v) is 5.20. The van der Waals surface area contributed by atoms with Crippen molar-refractivity contribution in [2.24, 2.45) is 0 Å². The zero-order chi connectivity index (χ0) is 24.1. The van der Waals surface area contributed by atoms with Gasteiger partial charge in [0, 0.05) is 18.9 Å². The molecule has 0 heterocycles. The third-order valence-electron chi connectivity index (χ3n) is 5.20. The lowest BCUT2D eigenvalue weighted by Gasteiger charge is -2.19. The number of carbonyl (C=O) groups excluding carboxylic acids is 1. The van der Waals surface area contributed by atoms with Gasteiger partial charge in [-0.1, -0.05) is 60.7 Å². The van der Waals surface area contributed by atoms with Crippen molar-refractivity contribution in [3.05, 3.63) is 107 Å². The molecule has 3 aromatic rings. The Bertz CT molecular complexity index is 990. The molecule has 1 N–H and O–H groups in total. The van der Waals surface area contributed by atoms with Crippen LogP contribution >= 0.6 is 0 Å². The van der Waals surface area contributed by atoms with Crippen molar-refractivity contribution in [1.82, 2.24) is 5.32 Å². The van der Waals surface area contributed by atoms with Crippen LogP contribution in [0.2, 0.25) is 0 Å². The predicted octanol–water partition coefficient (Wildman–Crippen LogP) is 6.61. The number of nitrogens with one attached hydrogen (secondary N) is 1. The van der Waals surface area contributed by atoms with E-state index in [0.29, 0.717) is 12.1 Å². The molecule has 0 radical (unpaired) electrons. The number of rotatable bonds is 7. The van der Waals surface area contributed by atoms with Crippen LogP contribution in [0.25, 0.3) is 0 Å². The molecule has 0 fully saturated rings. The summed E-state index contributed by atoms with van der Waals surface area (Å²) in [7, 11) is 0. The number of alkyl halides is 6. The Morgan fingerprint density at radius 1 is 0.727 bits per heavy atom. The molecule has 1 amide bonds. The highest BCUT2D eigenvalue weighted by atomic mass is 19.4. The lowest BCUT2D eigenvalue weighted by atomic mass is 9.91. The van der Waals surface area contributed by atoms with Crippen LogP contribution in [-0.2, 0) is 23.6 Å². The average Bonchev–Trinajstić information content (AvgIpc) is 2.78. The summed E-state index contributed by atoms with van der Waals surface area (Å²) in [6.45, 7) is 0.239. The predicted molar refractivity (Wildman–Crippen MR) is 113 cm³/mol. The summed E-state index contributed by atoms with van der Waals surface area (Å²) in [6.07, 6.45) is -10.3. The van der Waals surface area contributed by atoms with Crippen molar-refractivity contribution >= 4 is 5.91 Å². The van der Waals surface area contributed by atoms with Gasteiger partial charge in [-0.25, -0.2) is 0 Å². The van der Waals surface area contributed by atoms with Crippen LogP contribution in [0.15, 0.2) is 78.9 Å². The summed E-state index contributed by atoms with van der Waals surface area (Å²) >= 11 is 0. The first-order valence-corrected chi connectivity index (χ1v) is 10.2. The highest BCUT2D eigenvalue weighted by molar-refractivity contribution is 5.76. The molecule has 0 aliphatic carbocycles. The minimum absolute atomic E-state index is 0.0773. The standard InChI is InChI=1S/C25H21F6NO/c26-24(27,28)20-13-17(14-21(15-20)25(29,30)31)11-12-23(33)32-16-22(18-7-3-1-4-8-18)19-9-5-2-6-10-19/h1-10,13-15,22H,11-12,16H2,(H,32,33). The third kappa shape index (κ3) is 6.84. The van der Waals surface area contributed by atoms with Gasteiger partial charge in [-0.3, -0.25) is 4.79 Å². The molecule has 0 unspecified atom stereocenters. The smallest absolute Gasteiger partial charge is 0.355 e. The van der Waals surface area contributed by atoms with E-state index in [1.807, 2.05) is 60.7 Å². The van der Waals surface area contributed by atoms with E-state index in [1.54, 1.807) is 0 Å². The molecule has 33 heavy (non-hydrogen) atoms. The summed E-state index contributed by atoms with van der Waals surface area (Å²) < 4.78 is 78.1. The molecule has 3 rings (SSSR count). The first-order chi connectivity index (χ1) is 15.5. The van der Waals surface area contributed by atoms with Gasteiger partial charge in [-0.15, -0.1) is 0 Å². The number of hydrogen-bond acceptors (Lipinski definition) is 1. The Kier molecular flexibility index (Phi) is 7.46. The van der Waals surface area contributed by atoms with Gasteiger partial charge in [-0.05, 0) is 41.3 Å². The second-order valence-electron chi connectivity index (χ2n) is 7.59. The van der Waals surface area contributed by atoms with Gasteiger partial charge >= 0.3 is 12.4 Å². The van der Waals surface area contributed by atoms with E-state index in [0.717, 1.165) is 11.1 Å². The Labute approximate surface area is 187 Å². The number of carbonyl (C=O) groups is 1. The van der Waals surface area contributed by atoms with E-state index in [4.69, 9.17) is 0 Å². The van der Waals surface area contributed by atoms with Crippen LogP contribution in [-0.4, -0.2) is 12.5 Å². The molecule has 174 valence electrons. The second-order valence-corrected chi connectivity index (χ2v) is 7.59. The van der Waals surface area contributed by atoms with Crippen LogP contribution in [0.1, 0.15) is 40.2 Å². The summed E-state index contributed by atoms with van der Waals surface area (Å²) in [5.41, 5.74) is -1.04. The van der Waals surface area contributed by atoms with Crippen molar-refractivity contribution in [3.63, 3.8) is 0 Å². The summed E-state index contributed by atoms with van der Waals surface area (Å²) in [6, 6.07) is 20.3. The van der Waals surface area contributed by atoms with Gasteiger partial charge in [0.2, 0.25) is 5.91 Å². The van der Waals surface area contributed by atoms with Crippen molar-refractivity contribution in [2.45, 2.75) is 31.1 Å². The fourth-order valence-corrected chi connectivity index (χ4v) is 3.52. The molecule has 0 aliphatic rings. The lowest BCUT2D eigenvalue weighted by Crippen LogP contribution is -2.29. The van der Waals surface area contributed by atoms with Gasteiger partial charge in [0.15, 0.2) is 0 Å². The SMILES string of the molecule is O=C(CCc1cc(C(F)(F)F)cc(C(F)(F)F)c1)NCC(c1ccccc1)c1ccccc1. The molecule has 0 aliphatic heterocycles. The maximum atomic E-state index is 13.0. The second kappa shape index (κ2) is 10.1. The zero-order valence-electron chi connectivity index (χ0n) is 17.4. The largest absolute Gasteiger partial charge is 0.416 e. The molecule has 0 spiro atoms. The molecule has 0 atom stereocenters. The van der Waals surface area contributed by atoms with Crippen molar-refractivity contribution in [3.8, 4) is 0 Å². The first kappa shape index (κ1) is 24.4. The van der Waals surface area contributed by atoms with Gasteiger partial charge in [0.1, 0.15) is 0 Å². The van der Waals surface area contributed by atoms with E-state index in [9.17, 15) is 31.1 Å². The number of halogens is 6. The van der Waals surface area contributed by atoms with Gasteiger partial charge in [0.05, 0.1) is 11.1 Å². The number of hydrogen-bond donors (Lipinski definition) is 1. The molecule has 0 saturated carbocycles. The van der Waals surface area contributed by atoms with Gasteiger partial charge in [-0.2, -0.15) is 26.3 Å². The minimum atomic E-state index is -4.92. The normalized spacial score (nSPS) is 12.1. The fourth-order valence-electron chi connectivity index (χ4n) is 3.52. The van der Waals surface area contributed by atoms with Crippen molar-refractivity contribution in [2.75, 3.05) is 6.54 Å². The minimum Gasteiger partial charge on any atom is -0.355 e. The monoisotopic (exact) mass is 465 g/mol. The molecule has 0 bridgehead atoms. The maximum absolute atomic E-state index is 13.0. The summed E-state index contributed by atoms with van der Waals surface area (Å²) in [5, 5.41) is 2.76. The van der Waals surface area contributed by atoms with Crippen molar-refractivity contribution in [1.29, 1.82) is 0 Å². The van der Waals surface area contributed by atoms with Crippen LogP contribution < -0.4 is 5.32 Å². The van der Waals surface area contributed by atoms with E-state index in [-0.39, 0.29) is 36.9 Å². The van der Waals surface area contributed by atoms with Crippen LogP contribution in [0.5, 0.6) is 0 Å². The first-order valence-electron chi connectivity index (χ1n) is 10.2. The quantitative estimate of drug-likeness (QED) is 0.391. The average molecular weight is 465 g/mol. The van der Waals surface area contributed by atoms with Crippen LogP contribution in [0.4, 0.5) is 26.3 Å². The number of benzene rings is 3. The number of aryl methyl sites for hydroxylation is 1. The van der Waals surface area contributed by atoms with Crippen LogP contribution in [0, 0.1) is 0 Å². The zero-order valence-corrected chi connectivity index (χ0v) is 17.4. The summed E-state index contributed by atoms with van der Waals surface area (Å²) in [4.78, 5) is 12.4. The molecule has 2 nitrogen and oxygen atoms in total. The number of amides is 1. The van der Waals surface area contributed by atoms with E-state index in [1.165, 1.54) is 0 Å². The maximum Gasteiger partial charge on any atom is 0.416 e. The van der Waals surface area contributed by atoms with Crippen molar-refractivity contribution < 1.29 is 31.1 Å². The topological polar surface area (TPSA) is 29.1 Å². The van der Waals surface area contributed by atoms with Crippen LogP contribution in [0.3, 0.4) is 0 Å².